The lowest BCUT2D eigenvalue weighted by Gasteiger charge is -2.30. The van der Waals surface area contributed by atoms with Crippen LogP contribution in [0.3, 0.4) is 0 Å². The highest BCUT2D eigenvalue weighted by Crippen LogP contribution is 2.25. The highest BCUT2D eigenvalue weighted by atomic mass is 79.9. The van der Waals surface area contributed by atoms with E-state index in [4.69, 9.17) is 4.84 Å². The first-order valence-corrected chi connectivity index (χ1v) is 9.56. The standard InChI is InChI=1S/C12H17BrFN7O5S/c1-15-27(23,24)21-25-5-4-16-11-10(19-26-20-11)12(18-22)17-7-2-3-9(14)8(13)6-7/h2-3,6,15,21-24H,4-5H2,1H3,(H,16,20)(H,17,18). The minimum Gasteiger partial charge on any atom is -0.363 e. The first-order chi connectivity index (χ1) is 12.9. The number of halogens is 2. The monoisotopic (exact) mass is 469 g/mol. The van der Waals surface area contributed by atoms with Gasteiger partial charge < -0.3 is 5.32 Å². The summed E-state index contributed by atoms with van der Waals surface area (Å²) < 4.78 is 38.9. The molecular weight excluding hydrogens is 453 g/mol. The molecule has 0 spiro atoms. The van der Waals surface area contributed by atoms with Gasteiger partial charge in [-0.1, -0.05) is 15.8 Å². The summed E-state index contributed by atoms with van der Waals surface area (Å²) in [5.74, 6) is -0.414. The van der Waals surface area contributed by atoms with Crippen molar-refractivity contribution in [3.05, 3.63) is 34.2 Å². The Hall–Kier alpha value is -1.85. The van der Waals surface area contributed by atoms with Gasteiger partial charge in [-0.2, -0.15) is 0 Å². The number of hydrogen-bond donors (Lipinski definition) is 7. The predicted octanol–water partition coefficient (Wildman–Crippen LogP) is 1.76. The van der Waals surface area contributed by atoms with E-state index in [-0.39, 0.29) is 35.0 Å². The zero-order valence-corrected chi connectivity index (χ0v) is 16.2. The van der Waals surface area contributed by atoms with Gasteiger partial charge >= 0.3 is 0 Å². The van der Waals surface area contributed by atoms with E-state index >= 15 is 0 Å². The van der Waals surface area contributed by atoms with Gasteiger partial charge in [0.2, 0.25) is 5.82 Å². The number of aliphatic imine (C=N–C) groups is 1. The molecule has 0 atom stereocenters. The summed E-state index contributed by atoms with van der Waals surface area (Å²) in [4.78, 5) is 11.0. The van der Waals surface area contributed by atoms with Crippen molar-refractivity contribution in [3.8, 4) is 0 Å². The Kier molecular flexibility index (Phi) is 7.87. The van der Waals surface area contributed by atoms with Gasteiger partial charge in [0.25, 0.3) is 0 Å². The number of hydroxylamine groups is 1. The highest BCUT2D eigenvalue weighted by molar-refractivity contribution is 9.10. The largest absolute Gasteiger partial charge is 0.363 e. The van der Waals surface area contributed by atoms with Crippen LogP contribution in [0.1, 0.15) is 5.69 Å². The molecule has 0 radical (unpaired) electrons. The molecule has 0 saturated heterocycles. The first-order valence-electron chi connectivity index (χ1n) is 7.22. The van der Waals surface area contributed by atoms with Crippen molar-refractivity contribution < 1.29 is 28.2 Å². The van der Waals surface area contributed by atoms with Gasteiger partial charge in [0.15, 0.2) is 11.5 Å². The van der Waals surface area contributed by atoms with Crippen molar-refractivity contribution >= 4 is 44.2 Å². The van der Waals surface area contributed by atoms with Crippen molar-refractivity contribution in [3.63, 3.8) is 0 Å². The van der Waals surface area contributed by atoms with Crippen LogP contribution in [0, 0.1) is 5.82 Å². The second-order valence-electron chi connectivity index (χ2n) is 4.74. The molecule has 1 aromatic heterocycles. The molecule has 7 N–H and O–H groups in total. The number of benzene rings is 1. The third kappa shape index (κ3) is 6.36. The normalized spacial score (nSPS) is 12.9. The van der Waals surface area contributed by atoms with Crippen molar-refractivity contribution in [2.45, 2.75) is 0 Å². The van der Waals surface area contributed by atoms with Crippen LogP contribution in [0.25, 0.3) is 0 Å². The maximum atomic E-state index is 13.3. The lowest BCUT2D eigenvalue weighted by Crippen LogP contribution is -2.31. The Morgan fingerprint density at radius 2 is 2.19 bits per heavy atom. The van der Waals surface area contributed by atoms with Crippen molar-refractivity contribution in [1.29, 1.82) is 0 Å². The van der Waals surface area contributed by atoms with Gasteiger partial charge in [0, 0.05) is 13.6 Å². The second kappa shape index (κ2) is 9.90. The van der Waals surface area contributed by atoms with Crippen molar-refractivity contribution in [1.82, 2.24) is 25.4 Å². The van der Waals surface area contributed by atoms with E-state index in [0.29, 0.717) is 5.69 Å². The highest BCUT2D eigenvalue weighted by Gasteiger charge is 2.17. The molecule has 0 bridgehead atoms. The van der Waals surface area contributed by atoms with E-state index < -0.39 is 16.8 Å². The number of amidine groups is 1. The van der Waals surface area contributed by atoms with E-state index in [1.807, 2.05) is 5.48 Å². The van der Waals surface area contributed by atoms with E-state index in [1.165, 1.54) is 25.2 Å². The van der Waals surface area contributed by atoms with E-state index in [9.17, 15) is 18.7 Å². The molecule has 15 heteroatoms. The summed E-state index contributed by atoms with van der Waals surface area (Å²) >= 11 is 3.04. The summed E-state index contributed by atoms with van der Waals surface area (Å²) in [7, 11) is -1.86. The lowest BCUT2D eigenvalue weighted by atomic mass is 10.3. The van der Waals surface area contributed by atoms with E-state index in [1.54, 1.807) is 0 Å². The maximum Gasteiger partial charge on any atom is 0.202 e. The quantitative estimate of drug-likeness (QED) is 0.123. The second-order valence-corrected chi connectivity index (χ2v) is 7.27. The van der Waals surface area contributed by atoms with Crippen molar-refractivity contribution in [2.24, 2.45) is 4.99 Å². The molecule has 0 fully saturated rings. The first kappa shape index (κ1) is 21.5. The van der Waals surface area contributed by atoms with Gasteiger partial charge in [0.05, 0.1) is 16.8 Å². The van der Waals surface area contributed by atoms with Crippen molar-refractivity contribution in [2.75, 3.05) is 25.5 Å². The Bertz CT molecular complexity index is 793. The number of rotatable bonds is 9. The number of anilines is 1. The Balaban J connectivity index is 2.01. The smallest absolute Gasteiger partial charge is 0.202 e. The summed E-state index contributed by atoms with van der Waals surface area (Å²) in [6, 6.07) is 4.02. The summed E-state index contributed by atoms with van der Waals surface area (Å²) in [5.41, 5.74) is 2.27. The van der Waals surface area contributed by atoms with Crippen LogP contribution in [0.2, 0.25) is 0 Å². The number of nitrogens with one attached hydrogen (secondary N) is 4. The molecular formula is C12H17BrFN7O5S. The summed E-state index contributed by atoms with van der Waals surface area (Å²) in [5, 5.41) is 19.4. The van der Waals surface area contributed by atoms with Gasteiger partial charge in [-0.3, -0.25) is 24.6 Å². The fraction of sp³-hybridized carbons (Fsp3) is 0.250. The molecule has 27 heavy (non-hydrogen) atoms. The van der Waals surface area contributed by atoms with Gasteiger partial charge in [0.1, 0.15) is 5.82 Å². The van der Waals surface area contributed by atoms with E-state index in [2.05, 4.69) is 50.8 Å². The van der Waals surface area contributed by atoms with Gasteiger partial charge in [-0.25, -0.2) is 18.7 Å². The Morgan fingerprint density at radius 1 is 1.41 bits per heavy atom. The molecule has 2 rings (SSSR count). The Labute approximate surface area is 162 Å². The molecule has 150 valence electrons. The molecule has 1 aromatic carbocycles. The molecule has 0 aliphatic heterocycles. The van der Waals surface area contributed by atoms with Gasteiger partial charge in [-0.05, 0) is 44.4 Å². The number of aromatic nitrogens is 2. The summed E-state index contributed by atoms with van der Waals surface area (Å²) in [6.45, 7) is 0.196. The van der Waals surface area contributed by atoms with E-state index in [0.717, 1.165) is 0 Å². The van der Waals surface area contributed by atoms with Crippen LogP contribution in [0.15, 0.2) is 32.3 Å². The molecule has 2 aromatic rings. The molecule has 1 heterocycles. The maximum absolute atomic E-state index is 13.3. The van der Waals surface area contributed by atoms with Crippen LogP contribution in [-0.2, 0) is 4.84 Å². The fourth-order valence-electron chi connectivity index (χ4n) is 1.66. The predicted molar refractivity (Wildman–Crippen MR) is 99.0 cm³/mol. The molecule has 12 nitrogen and oxygen atoms in total. The molecule has 0 saturated carbocycles. The summed E-state index contributed by atoms with van der Waals surface area (Å²) in [6.07, 6.45) is 0. The minimum atomic E-state index is -3.21. The van der Waals surface area contributed by atoms with Crippen LogP contribution in [-0.4, -0.2) is 50.7 Å². The zero-order valence-electron chi connectivity index (χ0n) is 13.8. The topological polar surface area (TPSA) is 169 Å². The molecule has 0 unspecified atom stereocenters. The molecule has 0 amide bonds. The number of nitrogens with zero attached hydrogens (tertiary/aromatic N) is 3. The van der Waals surface area contributed by atoms with Crippen LogP contribution < -0.4 is 20.4 Å². The Morgan fingerprint density at radius 3 is 2.85 bits per heavy atom. The third-order valence-corrected chi connectivity index (χ3v) is 4.45. The van der Waals surface area contributed by atoms with Gasteiger partial charge in [-0.15, -0.1) is 0 Å². The average molecular weight is 470 g/mol. The average Bonchev–Trinajstić information content (AvgIpc) is 3.10. The SMILES string of the molecule is CNS(O)(O)NOCCNc1nonc1C(=Nc1ccc(F)c(Br)c1)NO. The van der Waals surface area contributed by atoms with Crippen LogP contribution in [0.4, 0.5) is 15.9 Å². The number of hydrogen-bond acceptors (Lipinski definition) is 11. The van der Waals surface area contributed by atoms with Crippen LogP contribution >= 0.6 is 26.9 Å². The fourth-order valence-corrected chi connectivity index (χ4v) is 2.36. The molecule has 0 aliphatic carbocycles. The minimum absolute atomic E-state index is 0.0216. The zero-order chi connectivity index (χ0) is 19.9. The molecule has 0 aliphatic rings. The third-order valence-electron chi connectivity index (χ3n) is 2.92. The lowest BCUT2D eigenvalue weighted by molar-refractivity contribution is 0.0925. The van der Waals surface area contributed by atoms with Crippen LogP contribution in [0.5, 0.6) is 0 Å².